The highest BCUT2D eigenvalue weighted by Gasteiger charge is 2.34. The van der Waals surface area contributed by atoms with Gasteiger partial charge in [0, 0.05) is 6.04 Å². The van der Waals surface area contributed by atoms with E-state index in [9.17, 15) is 4.39 Å². The lowest BCUT2D eigenvalue weighted by Gasteiger charge is -2.29. The van der Waals surface area contributed by atoms with E-state index in [-0.39, 0.29) is 11.2 Å². The molecular weight excluding hydrogens is 225 g/mol. The molecule has 0 amide bonds. The minimum Gasteiger partial charge on any atom is -0.380 e. The zero-order valence-electron chi connectivity index (χ0n) is 9.69. The number of halogens is 2. The van der Waals surface area contributed by atoms with Gasteiger partial charge in [-0.25, -0.2) is 4.39 Å². The molecule has 0 aliphatic heterocycles. The molecule has 1 aromatic rings. The first kappa shape index (κ1) is 11.7. The maximum Gasteiger partial charge on any atom is 0.125 e. The zero-order chi connectivity index (χ0) is 11.8. The second-order valence-corrected chi connectivity index (χ2v) is 5.61. The van der Waals surface area contributed by atoms with Crippen LogP contribution in [0.4, 0.5) is 10.1 Å². The van der Waals surface area contributed by atoms with Crippen LogP contribution in [0.1, 0.15) is 33.1 Å². The van der Waals surface area contributed by atoms with Gasteiger partial charge in [0.2, 0.25) is 0 Å². The van der Waals surface area contributed by atoms with Crippen LogP contribution in [-0.2, 0) is 0 Å². The molecule has 1 saturated carbocycles. The molecule has 1 aliphatic rings. The van der Waals surface area contributed by atoms with Gasteiger partial charge in [0.05, 0.1) is 10.7 Å². The molecule has 1 N–H and O–H groups in total. The van der Waals surface area contributed by atoms with Gasteiger partial charge < -0.3 is 5.32 Å². The van der Waals surface area contributed by atoms with E-state index in [0.29, 0.717) is 16.8 Å². The van der Waals surface area contributed by atoms with Crippen LogP contribution in [0.2, 0.25) is 5.02 Å². The SMILES string of the molecule is CC1(C)CCCC1Nc1cc(F)ccc1Cl. The monoisotopic (exact) mass is 241 g/mol. The van der Waals surface area contributed by atoms with Gasteiger partial charge in [-0.3, -0.25) is 0 Å². The van der Waals surface area contributed by atoms with Crippen LogP contribution in [0.15, 0.2) is 18.2 Å². The molecule has 1 unspecified atom stereocenters. The number of hydrogen-bond acceptors (Lipinski definition) is 1. The molecule has 1 aliphatic carbocycles. The Kier molecular flexibility index (Phi) is 3.11. The van der Waals surface area contributed by atoms with Gasteiger partial charge in [-0.15, -0.1) is 0 Å². The molecule has 1 aromatic carbocycles. The van der Waals surface area contributed by atoms with Gasteiger partial charge in [-0.05, 0) is 36.5 Å². The minimum absolute atomic E-state index is 0.247. The van der Waals surface area contributed by atoms with E-state index in [0.717, 1.165) is 6.42 Å². The molecule has 0 saturated heterocycles. The molecule has 0 spiro atoms. The van der Waals surface area contributed by atoms with Crippen molar-refractivity contribution in [1.82, 2.24) is 0 Å². The Balaban J connectivity index is 2.17. The van der Waals surface area contributed by atoms with Crippen molar-refractivity contribution in [1.29, 1.82) is 0 Å². The molecule has 3 heteroatoms. The van der Waals surface area contributed by atoms with Crippen LogP contribution >= 0.6 is 11.6 Å². The quantitative estimate of drug-likeness (QED) is 0.806. The van der Waals surface area contributed by atoms with E-state index in [1.807, 2.05) is 0 Å². The summed E-state index contributed by atoms with van der Waals surface area (Å²) in [5.74, 6) is -0.247. The predicted molar refractivity (Wildman–Crippen MR) is 66.5 cm³/mol. The van der Waals surface area contributed by atoms with Crippen LogP contribution in [0.25, 0.3) is 0 Å². The topological polar surface area (TPSA) is 12.0 Å². The smallest absolute Gasteiger partial charge is 0.125 e. The summed E-state index contributed by atoms with van der Waals surface area (Å²) in [6.07, 6.45) is 3.55. The highest BCUT2D eigenvalue weighted by atomic mass is 35.5. The fourth-order valence-corrected chi connectivity index (χ4v) is 2.56. The standard InChI is InChI=1S/C13H17ClFN/c1-13(2)7-3-4-12(13)16-11-8-9(15)5-6-10(11)14/h5-6,8,12,16H,3-4,7H2,1-2H3. The van der Waals surface area contributed by atoms with E-state index in [1.54, 1.807) is 6.07 Å². The summed E-state index contributed by atoms with van der Waals surface area (Å²) in [5.41, 5.74) is 0.969. The molecule has 1 nitrogen and oxygen atoms in total. The Morgan fingerprint density at radius 2 is 2.19 bits per heavy atom. The van der Waals surface area contributed by atoms with E-state index >= 15 is 0 Å². The second kappa shape index (κ2) is 4.25. The van der Waals surface area contributed by atoms with Gasteiger partial charge >= 0.3 is 0 Å². The number of rotatable bonds is 2. The van der Waals surface area contributed by atoms with E-state index in [2.05, 4.69) is 19.2 Å². The van der Waals surface area contributed by atoms with Gasteiger partial charge in [0.25, 0.3) is 0 Å². The second-order valence-electron chi connectivity index (χ2n) is 5.20. The molecular formula is C13H17ClFN. The number of nitrogens with one attached hydrogen (secondary N) is 1. The van der Waals surface area contributed by atoms with E-state index in [4.69, 9.17) is 11.6 Å². The van der Waals surface area contributed by atoms with Crippen LogP contribution in [-0.4, -0.2) is 6.04 Å². The van der Waals surface area contributed by atoms with Gasteiger partial charge in [-0.1, -0.05) is 31.9 Å². The molecule has 2 rings (SSSR count). The largest absolute Gasteiger partial charge is 0.380 e. The third-order valence-corrected chi connectivity index (χ3v) is 3.84. The number of hydrogen-bond donors (Lipinski definition) is 1. The molecule has 0 aromatic heterocycles. The van der Waals surface area contributed by atoms with Crippen molar-refractivity contribution in [3.05, 3.63) is 29.0 Å². The maximum atomic E-state index is 13.1. The lowest BCUT2D eigenvalue weighted by molar-refractivity contribution is 0.350. The summed E-state index contributed by atoms with van der Waals surface area (Å²) in [7, 11) is 0. The van der Waals surface area contributed by atoms with Crippen molar-refractivity contribution in [2.45, 2.75) is 39.2 Å². The van der Waals surface area contributed by atoms with Crippen LogP contribution in [0.3, 0.4) is 0 Å². The van der Waals surface area contributed by atoms with Gasteiger partial charge in [0.15, 0.2) is 0 Å². The van der Waals surface area contributed by atoms with Crippen molar-refractivity contribution in [3.8, 4) is 0 Å². The Hall–Kier alpha value is -0.760. The van der Waals surface area contributed by atoms with Crippen LogP contribution in [0, 0.1) is 11.2 Å². The van der Waals surface area contributed by atoms with Crippen molar-refractivity contribution >= 4 is 17.3 Å². The molecule has 0 heterocycles. The Bertz CT molecular complexity index is 390. The third-order valence-electron chi connectivity index (χ3n) is 3.52. The van der Waals surface area contributed by atoms with Crippen molar-refractivity contribution in [3.63, 3.8) is 0 Å². The molecule has 1 fully saturated rings. The van der Waals surface area contributed by atoms with Crippen LogP contribution in [0.5, 0.6) is 0 Å². The maximum absolute atomic E-state index is 13.1. The Morgan fingerprint density at radius 1 is 1.44 bits per heavy atom. The van der Waals surface area contributed by atoms with Crippen molar-refractivity contribution in [2.75, 3.05) is 5.32 Å². The summed E-state index contributed by atoms with van der Waals surface area (Å²) in [6.45, 7) is 4.48. The van der Waals surface area contributed by atoms with Gasteiger partial charge in [-0.2, -0.15) is 0 Å². The Morgan fingerprint density at radius 3 is 2.81 bits per heavy atom. The summed E-state index contributed by atoms with van der Waals surface area (Å²) < 4.78 is 13.1. The first-order chi connectivity index (χ1) is 7.49. The fraction of sp³-hybridized carbons (Fsp3) is 0.538. The van der Waals surface area contributed by atoms with Crippen LogP contribution < -0.4 is 5.32 Å². The number of benzene rings is 1. The highest BCUT2D eigenvalue weighted by Crippen LogP contribution is 2.39. The lowest BCUT2D eigenvalue weighted by atomic mass is 9.87. The van der Waals surface area contributed by atoms with Crippen molar-refractivity contribution < 1.29 is 4.39 Å². The molecule has 88 valence electrons. The zero-order valence-corrected chi connectivity index (χ0v) is 10.4. The first-order valence-corrected chi connectivity index (χ1v) is 6.08. The summed E-state index contributed by atoms with van der Waals surface area (Å²) in [4.78, 5) is 0. The average molecular weight is 242 g/mol. The van der Waals surface area contributed by atoms with Gasteiger partial charge in [0.1, 0.15) is 5.82 Å². The summed E-state index contributed by atoms with van der Waals surface area (Å²) in [5, 5.41) is 3.96. The summed E-state index contributed by atoms with van der Waals surface area (Å²) in [6, 6.07) is 4.83. The summed E-state index contributed by atoms with van der Waals surface area (Å²) >= 11 is 6.04. The predicted octanol–water partition coefficient (Wildman–Crippen LogP) is 4.47. The normalized spacial score (nSPS) is 23.4. The average Bonchev–Trinajstić information content (AvgIpc) is 2.52. The van der Waals surface area contributed by atoms with Crippen molar-refractivity contribution in [2.24, 2.45) is 5.41 Å². The molecule has 0 bridgehead atoms. The molecule has 0 radical (unpaired) electrons. The van der Waals surface area contributed by atoms with E-state index in [1.165, 1.54) is 25.0 Å². The number of anilines is 1. The molecule has 1 atom stereocenters. The lowest BCUT2D eigenvalue weighted by Crippen LogP contribution is -2.30. The fourth-order valence-electron chi connectivity index (χ4n) is 2.39. The Labute approximate surface area is 101 Å². The minimum atomic E-state index is -0.247. The first-order valence-electron chi connectivity index (χ1n) is 5.71. The third kappa shape index (κ3) is 2.32. The molecule has 16 heavy (non-hydrogen) atoms. The highest BCUT2D eigenvalue weighted by molar-refractivity contribution is 6.33. The van der Waals surface area contributed by atoms with E-state index < -0.39 is 0 Å².